The zero-order valence-corrected chi connectivity index (χ0v) is 12.4. The van der Waals surface area contributed by atoms with E-state index in [4.69, 9.17) is 4.74 Å². The molecule has 0 aromatic heterocycles. The third-order valence-electron chi connectivity index (χ3n) is 2.93. The summed E-state index contributed by atoms with van der Waals surface area (Å²) in [5, 5.41) is 0. The summed E-state index contributed by atoms with van der Waals surface area (Å²) in [5.41, 5.74) is 0.681. The van der Waals surface area contributed by atoms with Gasteiger partial charge in [-0.2, -0.15) is 0 Å². The summed E-state index contributed by atoms with van der Waals surface area (Å²) in [6, 6.07) is 0. The zero-order chi connectivity index (χ0) is 12.8. The van der Waals surface area contributed by atoms with Crippen LogP contribution < -0.4 is 0 Å². The molecule has 2 heteroatoms. The molecule has 0 saturated heterocycles. The quantitative estimate of drug-likeness (QED) is 0.646. The normalized spacial score (nSPS) is 13.5. The molecule has 0 aliphatic rings. The van der Waals surface area contributed by atoms with Gasteiger partial charge in [-0.15, -0.1) is 0 Å². The van der Waals surface area contributed by atoms with Crippen molar-refractivity contribution in [3.8, 4) is 0 Å². The average molecular weight is 229 g/mol. The number of likely N-dealkylation sites (N-methyl/N-ethyl adjacent to an activating group) is 1. The van der Waals surface area contributed by atoms with Crippen LogP contribution in [0.5, 0.6) is 0 Å². The predicted molar refractivity (Wildman–Crippen MR) is 71.9 cm³/mol. The Bertz CT molecular complexity index is 176. The van der Waals surface area contributed by atoms with Gasteiger partial charge in [0, 0.05) is 18.7 Å². The highest BCUT2D eigenvalue weighted by atomic mass is 16.5. The van der Waals surface area contributed by atoms with Gasteiger partial charge < -0.3 is 4.74 Å². The van der Waals surface area contributed by atoms with E-state index in [2.05, 4.69) is 53.5 Å². The molecule has 0 amide bonds. The lowest BCUT2D eigenvalue weighted by Gasteiger charge is -2.31. The standard InChI is InChI=1S/C14H31NO/c1-13(2,3)9-8-11-16-12-10-15(7)14(4,5)6/h8-12H2,1-7H3. The Balaban J connectivity index is 3.41. The summed E-state index contributed by atoms with van der Waals surface area (Å²) in [5.74, 6) is 0. The van der Waals surface area contributed by atoms with Gasteiger partial charge in [-0.1, -0.05) is 20.8 Å². The SMILES string of the molecule is CN(CCOCCCC(C)(C)C)C(C)(C)C. The monoisotopic (exact) mass is 229 g/mol. The van der Waals surface area contributed by atoms with Crippen LogP contribution >= 0.6 is 0 Å². The Hall–Kier alpha value is -0.0800. The van der Waals surface area contributed by atoms with Gasteiger partial charge in [0.05, 0.1) is 6.61 Å². The van der Waals surface area contributed by atoms with Gasteiger partial charge in [0.15, 0.2) is 0 Å². The topological polar surface area (TPSA) is 12.5 Å². The predicted octanol–water partition coefficient (Wildman–Crippen LogP) is 3.56. The molecule has 0 atom stereocenters. The van der Waals surface area contributed by atoms with Crippen LogP contribution in [0.1, 0.15) is 54.4 Å². The molecule has 0 radical (unpaired) electrons. The molecule has 0 aromatic carbocycles. The molecule has 16 heavy (non-hydrogen) atoms. The van der Waals surface area contributed by atoms with Gasteiger partial charge >= 0.3 is 0 Å². The van der Waals surface area contributed by atoms with Gasteiger partial charge in [0.1, 0.15) is 0 Å². The average Bonchev–Trinajstić information content (AvgIpc) is 2.07. The second-order valence-corrected chi connectivity index (χ2v) is 6.87. The molecule has 0 rings (SSSR count). The highest BCUT2D eigenvalue weighted by Crippen LogP contribution is 2.20. The Kier molecular flexibility index (Phi) is 6.57. The van der Waals surface area contributed by atoms with Crippen molar-refractivity contribution in [2.24, 2.45) is 5.41 Å². The van der Waals surface area contributed by atoms with Gasteiger partial charge in [-0.3, -0.25) is 4.90 Å². The molecule has 0 N–H and O–H groups in total. The van der Waals surface area contributed by atoms with Crippen molar-refractivity contribution < 1.29 is 4.74 Å². The van der Waals surface area contributed by atoms with E-state index in [1.807, 2.05) is 0 Å². The van der Waals surface area contributed by atoms with E-state index in [1.54, 1.807) is 0 Å². The molecule has 0 unspecified atom stereocenters. The van der Waals surface area contributed by atoms with Crippen molar-refractivity contribution in [3.63, 3.8) is 0 Å². The van der Waals surface area contributed by atoms with E-state index in [1.165, 1.54) is 12.8 Å². The molecule has 98 valence electrons. The van der Waals surface area contributed by atoms with Crippen LogP contribution in [0.15, 0.2) is 0 Å². The first-order valence-corrected chi connectivity index (χ1v) is 6.42. The third-order valence-corrected chi connectivity index (χ3v) is 2.93. The summed E-state index contributed by atoms with van der Waals surface area (Å²) < 4.78 is 5.65. The van der Waals surface area contributed by atoms with Crippen molar-refractivity contribution >= 4 is 0 Å². The first-order chi connectivity index (χ1) is 7.13. The molecule has 0 heterocycles. The van der Waals surface area contributed by atoms with Crippen LogP contribution in [0, 0.1) is 5.41 Å². The van der Waals surface area contributed by atoms with Crippen LogP contribution in [-0.2, 0) is 4.74 Å². The maximum atomic E-state index is 5.65. The fourth-order valence-corrected chi connectivity index (χ4v) is 1.34. The molecule has 0 aliphatic heterocycles. The maximum Gasteiger partial charge on any atom is 0.0593 e. The van der Waals surface area contributed by atoms with Crippen LogP contribution in [0.2, 0.25) is 0 Å². The summed E-state index contributed by atoms with van der Waals surface area (Å²) >= 11 is 0. The Morgan fingerprint density at radius 1 is 0.938 bits per heavy atom. The molecular formula is C14H31NO. The van der Waals surface area contributed by atoms with Crippen molar-refractivity contribution in [2.75, 3.05) is 26.8 Å². The first kappa shape index (κ1) is 15.9. The minimum Gasteiger partial charge on any atom is -0.380 e. The van der Waals surface area contributed by atoms with Crippen LogP contribution in [-0.4, -0.2) is 37.2 Å². The van der Waals surface area contributed by atoms with Gasteiger partial charge in [-0.05, 0) is 46.1 Å². The fourth-order valence-electron chi connectivity index (χ4n) is 1.34. The second kappa shape index (κ2) is 6.61. The van der Waals surface area contributed by atoms with E-state index in [9.17, 15) is 0 Å². The number of nitrogens with zero attached hydrogens (tertiary/aromatic N) is 1. The van der Waals surface area contributed by atoms with Crippen LogP contribution in [0.4, 0.5) is 0 Å². The van der Waals surface area contributed by atoms with Crippen LogP contribution in [0.25, 0.3) is 0 Å². The summed E-state index contributed by atoms with van der Waals surface area (Å²) in [4.78, 5) is 2.33. The van der Waals surface area contributed by atoms with E-state index in [-0.39, 0.29) is 5.54 Å². The minimum absolute atomic E-state index is 0.245. The fraction of sp³-hybridized carbons (Fsp3) is 1.00. The van der Waals surface area contributed by atoms with E-state index in [0.29, 0.717) is 5.41 Å². The van der Waals surface area contributed by atoms with E-state index >= 15 is 0 Å². The van der Waals surface area contributed by atoms with Crippen molar-refractivity contribution in [3.05, 3.63) is 0 Å². The second-order valence-electron chi connectivity index (χ2n) is 6.87. The lowest BCUT2D eigenvalue weighted by Crippen LogP contribution is -2.40. The van der Waals surface area contributed by atoms with Crippen molar-refractivity contribution in [1.82, 2.24) is 4.90 Å². The van der Waals surface area contributed by atoms with Crippen molar-refractivity contribution in [1.29, 1.82) is 0 Å². The van der Waals surface area contributed by atoms with E-state index in [0.717, 1.165) is 19.8 Å². The first-order valence-electron chi connectivity index (χ1n) is 6.42. The molecule has 0 saturated carbocycles. The number of ether oxygens (including phenoxy) is 1. The number of rotatable bonds is 6. The highest BCUT2D eigenvalue weighted by molar-refractivity contribution is 4.72. The minimum atomic E-state index is 0.245. The Labute approximate surface area is 102 Å². The van der Waals surface area contributed by atoms with Gasteiger partial charge in [0.25, 0.3) is 0 Å². The third kappa shape index (κ3) is 9.17. The molecule has 0 spiro atoms. The van der Waals surface area contributed by atoms with Gasteiger partial charge in [0.2, 0.25) is 0 Å². The van der Waals surface area contributed by atoms with Crippen molar-refractivity contribution in [2.45, 2.75) is 59.9 Å². The molecule has 2 nitrogen and oxygen atoms in total. The van der Waals surface area contributed by atoms with E-state index < -0.39 is 0 Å². The van der Waals surface area contributed by atoms with Gasteiger partial charge in [-0.25, -0.2) is 0 Å². The molecule has 0 fully saturated rings. The summed E-state index contributed by atoms with van der Waals surface area (Å²) in [7, 11) is 2.15. The molecule has 0 aliphatic carbocycles. The smallest absolute Gasteiger partial charge is 0.0593 e. The molecule has 0 aromatic rings. The Morgan fingerprint density at radius 3 is 1.94 bits per heavy atom. The Morgan fingerprint density at radius 2 is 1.50 bits per heavy atom. The number of hydrogen-bond acceptors (Lipinski definition) is 2. The summed E-state index contributed by atoms with van der Waals surface area (Å²) in [6.45, 7) is 16.3. The lowest BCUT2D eigenvalue weighted by molar-refractivity contribution is 0.0757. The largest absolute Gasteiger partial charge is 0.380 e. The lowest BCUT2D eigenvalue weighted by atomic mass is 9.91. The highest BCUT2D eigenvalue weighted by Gasteiger charge is 2.16. The van der Waals surface area contributed by atoms with Crippen LogP contribution in [0.3, 0.4) is 0 Å². The zero-order valence-electron chi connectivity index (χ0n) is 12.4. The summed E-state index contributed by atoms with van der Waals surface area (Å²) in [6.07, 6.45) is 2.41. The molecular weight excluding hydrogens is 198 g/mol. The molecule has 0 bridgehead atoms. The number of hydrogen-bond donors (Lipinski definition) is 0. The maximum absolute atomic E-state index is 5.65.